The lowest BCUT2D eigenvalue weighted by Crippen LogP contribution is -2.43. The van der Waals surface area contributed by atoms with Crippen molar-refractivity contribution in [1.82, 2.24) is 24.4 Å². The highest BCUT2D eigenvalue weighted by molar-refractivity contribution is 6.16. The molecule has 0 saturated carbocycles. The summed E-state index contributed by atoms with van der Waals surface area (Å²) in [7, 11) is 1.68. The fraction of sp³-hybridized carbons (Fsp3) is 0.405. The summed E-state index contributed by atoms with van der Waals surface area (Å²) < 4.78 is 23.2. The molecule has 1 amide bonds. The van der Waals surface area contributed by atoms with Crippen LogP contribution in [0.5, 0.6) is 0 Å². The van der Waals surface area contributed by atoms with E-state index in [1.165, 1.54) is 23.2 Å². The van der Waals surface area contributed by atoms with Gasteiger partial charge in [-0.1, -0.05) is 43.3 Å². The third-order valence-corrected chi connectivity index (χ3v) is 9.48. The maximum Gasteiger partial charge on any atom is 0.410 e. The molecule has 2 aromatic carbocycles. The smallest absolute Gasteiger partial charge is 0.410 e. The van der Waals surface area contributed by atoms with E-state index in [1.54, 1.807) is 24.1 Å². The number of aliphatic imine (C=N–C) groups is 1. The summed E-state index contributed by atoms with van der Waals surface area (Å²) in [6.45, 7) is 9.33. The SMILES string of the molecule is CC1c2ncnc(N)c2C(c2ccc(-c3cnc(Cc4ccccc4)n(C)c3=O)cc2F)=NCC1C1CCN(C(=O)OC(C)(C)C)CC1. The number of fused-ring (bicyclic) bond motifs is 1. The van der Waals surface area contributed by atoms with Gasteiger partial charge in [0.15, 0.2) is 0 Å². The Morgan fingerprint density at radius 3 is 2.46 bits per heavy atom. The molecule has 1 fully saturated rings. The number of hydrogen-bond donors (Lipinski definition) is 1. The van der Waals surface area contributed by atoms with Crippen LogP contribution in [0, 0.1) is 17.7 Å². The van der Waals surface area contributed by atoms with Crippen molar-refractivity contribution < 1.29 is 13.9 Å². The van der Waals surface area contributed by atoms with Gasteiger partial charge >= 0.3 is 6.09 Å². The zero-order valence-electron chi connectivity index (χ0n) is 28.1. The highest BCUT2D eigenvalue weighted by atomic mass is 19.1. The van der Waals surface area contributed by atoms with Crippen molar-refractivity contribution in [3.05, 3.63) is 105 Å². The van der Waals surface area contributed by atoms with E-state index in [-0.39, 0.29) is 40.8 Å². The summed E-state index contributed by atoms with van der Waals surface area (Å²) in [6.07, 6.45) is 4.76. The Morgan fingerprint density at radius 1 is 1.04 bits per heavy atom. The van der Waals surface area contributed by atoms with Gasteiger partial charge in [0.05, 0.1) is 22.5 Å². The molecule has 4 heterocycles. The number of hydrogen-bond acceptors (Lipinski definition) is 8. The van der Waals surface area contributed by atoms with Gasteiger partial charge in [-0.05, 0) is 68.7 Å². The molecule has 48 heavy (non-hydrogen) atoms. The van der Waals surface area contributed by atoms with Crippen LogP contribution in [-0.4, -0.2) is 61.5 Å². The van der Waals surface area contributed by atoms with E-state index < -0.39 is 11.4 Å². The number of carbonyl (C=O) groups is 1. The highest BCUT2D eigenvalue weighted by Crippen LogP contribution is 2.40. The Hall–Kier alpha value is -4.93. The van der Waals surface area contributed by atoms with E-state index in [9.17, 15) is 9.59 Å². The number of aromatic nitrogens is 4. The fourth-order valence-electron chi connectivity index (χ4n) is 6.85. The Morgan fingerprint density at radius 2 is 1.77 bits per heavy atom. The lowest BCUT2D eigenvalue weighted by Gasteiger charge is -2.38. The number of likely N-dealkylation sites (tertiary alicyclic amines) is 1. The largest absolute Gasteiger partial charge is 0.444 e. The molecule has 0 spiro atoms. The topological polar surface area (TPSA) is 129 Å². The van der Waals surface area contributed by atoms with Crippen LogP contribution in [0.4, 0.5) is 15.0 Å². The molecule has 4 aromatic rings. The van der Waals surface area contributed by atoms with Crippen molar-refractivity contribution in [3.8, 4) is 11.1 Å². The molecule has 2 unspecified atom stereocenters. The highest BCUT2D eigenvalue weighted by Gasteiger charge is 2.37. The van der Waals surface area contributed by atoms with Gasteiger partial charge < -0.3 is 15.4 Å². The van der Waals surface area contributed by atoms with E-state index in [1.807, 2.05) is 51.1 Å². The van der Waals surface area contributed by atoms with Crippen LogP contribution >= 0.6 is 0 Å². The summed E-state index contributed by atoms with van der Waals surface area (Å²) in [5.74, 6) is 0.657. The number of nitrogens with two attached hydrogens (primary N) is 1. The van der Waals surface area contributed by atoms with Crippen LogP contribution in [0.1, 0.15) is 74.7 Å². The van der Waals surface area contributed by atoms with Gasteiger partial charge in [-0.2, -0.15) is 0 Å². The minimum absolute atomic E-state index is 0.0320. The van der Waals surface area contributed by atoms with Gasteiger partial charge in [0.1, 0.15) is 29.4 Å². The standard InChI is InChI=1S/C37H42FN7O3/c1-22-27(24-13-15-45(16-14-24)36(47)48-37(2,3)4)19-41-33(31-32(22)42-21-43-34(31)39)26-12-11-25(18-29(26)38)28-20-40-30(44(5)35(28)46)17-23-9-7-6-8-10-23/h6-12,18,20-22,24,27H,13-17,19H2,1-5H3,(H2,39,42,43). The number of amides is 1. The lowest BCUT2D eigenvalue weighted by molar-refractivity contribution is 0.0155. The Labute approximate surface area is 279 Å². The lowest BCUT2D eigenvalue weighted by atomic mass is 9.75. The third kappa shape index (κ3) is 6.72. The van der Waals surface area contributed by atoms with Crippen LogP contribution in [0.15, 0.2) is 70.8 Å². The van der Waals surface area contributed by atoms with Crippen molar-refractivity contribution >= 4 is 17.6 Å². The van der Waals surface area contributed by atoms with Crippen LogP contribution in [-0.2, 0) is 18.2 Å². The third-order valence-electron chi connectivity index (χ3n) is 9.48. The van der Waals surface area contributed by atoms with E-state index in [2.05, 4.69) is 21.9 Å². The number of rotatable bonds is 5. The van der Waals surface area contributed by atoms with E-state index in [0.29, 0.717) is 54.3 Å². The molecule has 2 aromatic heterocycles. The number of benzene rings is 2. The molecule has 2 atom stereocenters. The minimum Gasteiger partial charge on any atom is -0.444 e. The van der Waals surface area contributed by atoms with Crippen molar-refractivity contribution in [2.45, 2.75) is 58.5 Å². The van der Waals surface area contributed by atoms with Gasteiger partial charge in [-0.3, -0.25) is 14.4 Å². The molecule has 6 rings (SSSR count). The number of anilines is 1. The van der Waals surface area contributed by atoms with Crippen molar-refractivity contribution in [3.63, 3.8) is 0 Å². The molecular formula is C37H42FN7O3. The van der Waals surface area contributed by atoms with Crippen LogP contribution in [0.25, 0.3) is 11.1 Å². The van der Waals surface area contributed by atoms with Gasteiger partial charge in [-0.25, -0.2) is 24.1 Å². The van der Waals surface area contributed by atoms with E-state index in [0.717, 1.165) is 24.1 Å². The van der Waals surface area contributed by atoms with Gasteiger partial charge in [0, 0.05) is 50.8 Å². The minimum atomic E-state index is -0.551. The molecule has 2 aliphatic heterocycles. The monoisotopic (exact) mass is 651 g/mol. The zero-order chi connectivity index (χ0) is 34.2. The second-order valence-electron chi connectivity index (χ2n) is 13.8. The quantitative estimate of drug-likeness (QED) is 0.290. The number of ether oxygens (including phenoxy) is 1. The summed E-state index contributed by atoms with van der Waals surface area (Å²) in [5.41, 5.74) is 9.32. The number of nitrogen functional groups attached to an aromatic ring is 1. The average molecular weight is 652 g/mol. The van der Waals surface area contributed by atoms with Crippen molar-refractivity contribution in [2.75, 3.05) is 25.4 Å². The molecule has 2 aliphatic rings. The van der Waals surface area contributed by atoms with E-state index >= 15 is 4.39 Å². The molecule has 10 nitrogen and oxygen atoms in total. The maximum absolute atomic E-state index is 16.1. The molecule has 2 N–H and O–H groups in total. The number of carbonyl (C=O) groups excluding carboxylic acids is 1. The summed E-state index contributed by atoms with van der Waals surface area (Å²) in [4.78, 5) is 46.3. The summed E-state index contributed by atoms with van der Waals surface area (Å²) >= 11 is 0. The maximum atomic E-state index is 16.1. The Kier molecular flexibility index (Phi) is 9.13. The van der Waals surface area contributed by atoms with E-state index in [4.69, 9.17) is 15.5 Å². The molecule has 1 saturated heterocycles. The second-order valence-corrected chi connectivity index (χ2v) is 13.8. The van der Waals surface area contributed by atoms with Gasteiger partial charge in [0.25, 0.3) is 5.56 Å². The first-order chi connectivity index (χ1) is 22.9. The number of nitrogens with zero attached hydrogens (tertiary/aromatic N) is 6. The molecular weight excluding hydrogens is 609 g/mol. The van der Waals surface area contributed by atoms with Gasteiger partial charge in [-0.15, -0.1) is 0 Å². The summed E-state index contributed by atoms with van der Waals surface area (Å²) in [6, 6.07) is 14.5. The zero-order valence-corrected chi connectivity index (χ0v) is 28.1. The number of halogens is 1. The molecule has 250 valence electrons. The Balaban J connectivity index is 1.27. The first-order valence-electron chi connectivity index (χ1n) is 16.4. The second kappa shape index (κ2) is 13.3. The predicted octanol–water partition coefficient (Wildman–Crippen LogP) is 5.77. The van der Waals surface area contributed by atoms with Crippen LogP contribution in [0.2, 0.25) is 0 Å². The molecule has 11 heteroatoms. The summed E-state index contributed by atoms with van der Waals surface area (Å²) in [5, 5.41) is 0. The van der Waals surface area contributed by atoms with Crippen LogP contribution < -0.4 is 11.3 Å². The molecule has 0 aliphatic carbocycles. The average Bonchev–Trinajstić information content (AvgIpc) is 3.20. The predicted molar refractivity (Wildman–Crippen MR) is 184 cm³/mol. The first-order valence-corrected chi connectivity index (χ1v) is 16.4. The van der Waals surface area contributed by atoms with Crippen molar-refractivity contribution in [2.24, 2.45) is 23.9 Å². The normalized spacial score (nSPS) is 18.5. The van der Waals surface area contributed by atoms with Crippen molar-refractivity contribution in [1.29, 1.82) is 0 Å². The van der Waals surface area contributed by atoms with Gasteiger partial charge in [0.2, 0.25) is 0 Å². The fourth-order valence-corrected chi connectivity index (χ4v) is 6.85. The number of piperidine rings is 1. The molecule has 0 bridgehead atoms. The molecule has 0 radical (unpaired) electrons. The Bertz CT molecular complexity index is 1910. The first kappa shape index (κ1) is 33.0. The van der Waals surface area contributed by atoms with Crippen LogP contribution in [0.3, 0.4) is 0 Å².